The Balaban J connectivity index is 1.56. The number of hydrogen-bond donors (Lipinski definition) is 14. The van der Waals surface area contributed by atoms with Gasteiger partial charge in [0.2, 0.25) is 11.8 Å². The van der Waals surface area contributed by atoms with Crippen LogP contribution < -0.4 is 10.6 Å². The first kappa shape index (κ1) is 41.9. The lowest BCUT2D eigenvalue weighted by Crippen LogP contribution is -2.70. The summed E-state index contributed by atoms with van der Waals surface area (Å²) >= 11 is 0. The highest BCUT2D eigenvalue weighted by atomic mass is 16.8. The fourth-order valence-corrected chi connectivity index (χ4v) is 6.35. The van der Waals surface area contributed by atoms with Crippen LogP contribution >= 0.6 is 0 Å². The van der Waals surface area contributed by atoms with Crippen molar-refractivity contribution < 1.29 is 104 Å². The molecule has 51 heavy (non-hydrogen) atoms. The number of ether oxygens (including phenoxy) is 7. The maximum absolute atomic E-state index is 12.2. The minimum Gasteiger partial charge on any atom is -0.394 e. The monoisotopic (exact) mass is 748 g/mol. The first-order valence-corrected chi connectivity index (χ1v) is 16.1. The van der Waals surface area contributed by atoms with E-state index >= 15 is 0 Å². The van der Waals surface area contributed by atoms with Crippen LogP contribution in [0.3, 0.4) is 0 Å². The summed E-state index contributed by atoms with van der Waals surface area (Å²) in [6, 6.07) is -3.04. The summed E-state index contributed by atoms with van der Waals surface area (Å²) in [6.07, 6.45) is -31.4. The number of hydrogen-bond acceptors (Lipinski definition) is 21. The van der Waals surface area contributed by atoms with Gasteiger partial charge >= 0.3 is 0 Å². The van der Waals surface area contributed by atoms with E-state index in [4.69, 9.17) is 33.2 Å². The lowest BCUT2D eigenvalue weighted by atomic mass is 9.94. The molecule has 0 saturated carbocycles. The molecule has 0 aromatic heterocycles. The quantitative estimate of drug-likeness (QED) is 0.0881. The molecule has 20 atom stereocenters. The number of aliphatic hydroxyl groups excluding tert-OH is 12. The van der Waals surface area contributed by atoms with Crippen LogP contribution in [0, 0.1) is 0 Å². The molecule has 4 aliphatic heterocycles. The van der Waals surface area contributed by atoms with Gasteiger partial charge in [0.05, 0.1) is 26.4 Å². The Labute approximate surface area is 289 Å². The van der Waals surface area contributed by atoms with Crippen molar-refractivity contribution in [2.75, 3.05) is 26.4 Å². The van der Waals surface area contributed by atoms with Crippen LogP contribution in [0.15, 0.2) is 0 Å². The summed E-state index contributed by atoms with van der Waals surface area (Å²) in [5.74, 6) is -1.40. The number of rotatable bonds is 12. The number of carbonyl (C=O) groups excluding carboxylic acids is 2. The van der Waals surface area contributed by atoms with Crippen LogP contribution in [-0.4, -0.2) is 222 Å². The van der Waals surface area contributed by atoms with Crippen LogP contribution in [-0.2, 0) is 42.7 Å². The van der Waals surface area contributed by atoms with Gasteiger partial charge in [-0.2, -0.15) is 0 Å². The van der Waals surface area contributed by atoms with E-state index < -0.39 is 161 Å². The smallest absolute Gasteiger partial charge is 0.217 e. The molecule has 23 nitrogen and oxygen atoms in total. The van der Waals surface area contributed by atoms with Crippen molar-refractivity contribution in [2.45, 2.75) is 137 Å². The van der Waals surface area contributed by atoms with E-state index in [1.807, 2.05) is 0 Å². The maximum atomic E-state index is 12.2. The van der Waals surface area contributed by atoms with Gasteiger partial charge in [-0.1, -0.05) is 0 Å². The molecule has 4 fully saturated rings. The topological polar surface area (TPSA) is 366 Å². The lowest BCUT2D eigenvalue weighted by molar-refractivity contribution is -0.379. The Morgan fingerprint density at radius 3 is 1.41 bits per heavy atom. The molecule has 0 aromatic carbocycles. The standard InChI is InChI=1S/C28H48N2O21/c1-7(35)29-13-17(39)22(11(5-33)45-25(13)44)49-26-14(30-8(2)36)18(40)23(12(6-34)48-26)50-28-21(43)24(16(38)10(4-32)47-28)51-27-20(42)19(41)15(37)9(3-31)46-27/h9-28,31-34,37-44H,3-6H2,1-2H3,(H,29,35)(H,30,36)/t9-,10-,11-,12-,13+,14-,15-,16-,17-,18-,19+,20+,21+,22-,23-,24+,25?,26+,27-,28+/m1/s1. The first-order valence-electron chi connectivity index (χ1n) is 16.1. The minimum absolute atomic E-state index is 0.660. The van der Waals surface area contributed by atoms with E-state index in [9.17, 15) is 70.9 Å². The minimum atomic E-state index is -2.04. The average molecular weight is 749 g/mol. The van der Waals surface area contributed by atoms with Gasteiger partial charge in [-0.3, -0.25) is 9.59 Å². The van der Waals surface area contributed by atoms with Crippen LogP contribution in [0.5, 0.6) is 0 Å². The predicted molar refractivity (Wildman–Crippen MR) is 157 cm³/mol. The highest BCUT2D eigenvalue weighted by Gasteiger charge is 2.55. The molecule has 0 bridgehead atoms. The van der Waals surface area contributed by atoms with Crippen molar-refractivity contribution >= 4 is 11.8 Å². The highest BCUT2D eigenvalue weighted by Crippen LogP contribution is 2.34. The van der Waals surface area contributed by atoms with Crippen LogP contribution in [0.2, 0.25) is 0 Å². The van der Waals surface area contributed by atoms with Gasteiger partial charge in [0.25, 0.3) is 0 Å². The van der Waals surface area contributed by atoms with Crippen LogP contribution in [0.25, 0.3) is 0 Å². The molecular weight excluding hydrogens is 700 g/mol. The SMILES string of the molecule is CC(=O)N[C@H]1[C@H](O[C@H]2[C@H](O)[C@H](NC(C)=O)C(O)O[C@@H]2CO)O[C@H](CO)[C@@H](O[C@@H]2O[C@H](CO)[C@@H](O)[C@H](O[C@H]3O[C@H](CO)[C@@H](O)[C@H](O)[C@@H]3O)[C@@H]2O)[C@@H]1O. The Morgan fingerprint density at radius 2 is 0.882 bits per heavy atom. The van der Waals surface area contributed by atoms with Gasteiger partial charge in [0.1, 0.15) is 97.5 Å². The van der Waals surface area contributed by atoms with Gasteiger partial charge in [-0.15, -0.1) is 0 Å². The molecule has 2 amide bonds. The summed E-state index contributed by atoms with van der Waals surface area (Å²) in [5.41, 5.74) is 0. The summed E-state index contributed by atoms with van der Waals surface area (Å²) in [4.78, 5) is 23.9. The molecule has 4 rings (SSSR count). The number of aliphatic hydroxyl groups is 12. The summed E-state index contributed by atoms with van der Waals surface area (Å²) in [5, 5.41) is 130. The van der Waals surface area contributed by atoms with Gasteiger partial charge in [-0.05, 0) is 0 Å². The second kappa shape index (κ2) is 18.0. The third kappa shape index (κ3) is 9.11. The van der Waals surface area contributed by atoms with E-state index in [2.05, 4.69) is 10.6 Å². The summed E-state index contributed by atoms with van der Waals surface area (Å²) in [6.45, 7) is -1.28. The largest absolute Gasteiger partial charge is 0.394 e. The molecule has 1 unspecified atom stereocenters. The summed E-state index contributed by atoms with van der Waals surface area (Å²) in [7, 11) is 0. The zero-order valence-electron chi connectivity index (χ0n) is 27.4. The van der Waals surface area contributed by atoms with Crippen molar-refractivity contribution in [3.63, 3.8) is 0 Å². The van der Waals surface area contributed by atoms with Crippen molar-refractivity contribution in [1.29, 1.82) is 0 Å². The Hall–Kier alpha value is -1.82. The van der Waals surface area contributed by atoms with Crippen LogP contribution in [0.4, 0.5) is 0 Å². The van der Waals surface area contributed by atoms with Gasteiger partial charge in [0, 0.05) is 13.8 Å². The number of nitrogens with one attached hydrogen (secondary N) is 2. The Morgan fingerprint density at radius 1 is 0.471 bits per heavy atom. The maximum Gasteiger partial charge on any atom is 0.217 e. The zero-order valence-corrected chi connectivity index (χ0v) is 27.4. The second-order valence-electron chi connectivity index (χ2n) is 12.6. The van der Waals surface area contributed by atoms with Crippen LogP contribution in [0.1, 0.15) is 13.8 Å². The molecule has 4 saturated heterocycles. The first-order chi connectivity index (χ1) is 24.1. The van der Waals surface area contributed by atoms with Gasteiger partial charge < -0.3 is 105 Å². The molecule has 4 aliphatic rings. The molecule has 0 radical (unpaired) electrons. The zero-order chi connectivity index (χ0) is 37.9. The second-order valence-corrected chi connectivity index (χ2v) is 12.6. The molecule has 0 aliphatic carbocycles. The Kier molecular flexibility index (Phi) is 14.8. The third-order valence-corrected chi connectivity index (χ3v) is 9.01. The fraction of sp³-hybridized carbons (Fsp3) is 0.929. The lowest BCUT2D eigenvalue weighted by Gasteiger charge is -2.50. The molecule has 4 heterocycles. The molecule has 296 valence electrons. The third-order valence-electron chi connectivity index (χ3n) is 9.01. The van der Waals surface area contributed by atoms with E-state index in [-0.39, 0.29) is 0 Å². The van der Waals surface area contributed by atoms with Crippen molar-refractivity contribution in [1.82, 2.24) is 10.6 Å². The number of amides is 2. The summed E-state index contributed by atoms with van der Waals surface area (Å²) < 4.78 is 39.1. The van der Waals surface area contributed by atoms with Crippen molar-refractivity contribution in [2.24, 2.45) is 0 Å². The highest BCUT2D eigenvalue weighted by molar-refractivity contribution is 5.73. The number of carbonyl (C=O) groups is 2. The molecule has 23 heteroatoms. The Bertz CT molecular complexity index is 1140. The van der Waals surface area contributed by atoms with E-state index in [1.165, 1.54) is 0 Å². The fourth-order valence-electron chi connectivity index (χ4n) is 6.35. The molecule has 14 N–H and O–H groups in total. The van der Waals surface area contributed by atoms with Crippen molar-refractivity contribution in [3.8, 4) is 0 Å². The predicted octanol–water partition coefficient (Wildman–Crippen LogP) is -9.46. The van der Waals surface area contributed by atoms with E-state index in [0.29, 0.717) is 0 Å². The van der Waals surface area contributed by atoms with Crippen molar-refractivity contribution in [3.05, 3.63) is 0 Å². The average Bonchev–Trinajstić information content (AvgIpc) is 3.09. The van der Waals surface area contributed by atoms with E-state index in [0.717, 1.165) is 13.8 Å². The molecule has 0 spiro atoms. The molecular formula is C28H48N2O21. The molecule has 0 aromatic rings. The van der Waals surface area contributed by atoms with Gasteiger partial charge in [-0.25, -0.2) is 0 Å². The normalized spacial score (nSPS) is 47.8. The van der Waals surface area contributed by atoms with Gasteiger partial charge in [0.15, 0.2) is 25.2 Å². The van der Waals surface area contributed by atoms with E-state index in [1.54, 1.807) is 0 Å².